The van der Waals surface area contributed by atoms with E-state index in [1.807, 2.05) is 13.8 Å². The molecular formula is C10H12Br2N2OS2. The summed E-state index contributed by atoms with van der Waals surface area (Å²) in [4.78, 5) is 14.9. The summed E-state index contributed by atoms with van der Waals surface area (Å²) in [5, 5.41) is 0. The Hall–Kier alpha value is 0.0200. The first-order valence-corrected chi connectivity index (χ1v) is 7.68. The van der Waals surface area contributed by atoms with Gasteiger partial charge in [-0.2, -0.15) is 0 Å². The van der Waals surface area contributed by atoms with Gasteiger partial charge in [-0.05, 0) is 51.8 Å². The topological polar surface area (TPSA) is 46.3 Å². The molecule has 0 aliphatic heterocycles. The molecule has 17 heavy (non-hydrogen) atoms. The van der Waals surface area contributed by atoms with Crippen molar-refractivity contribution in [2.24, 2.45) is 5.73 Å². The van der Waals surface area contributed by atoms with Gasteiger partial charge < -0.3 is 10.6 Å². The molecule has 0 saturated heterocycles. The van der Waals surface area contributed by atoms with Crippen LogP contribution in [0.15, 0.2) is 14.3 Å². The van der Waals surface area contributed by atoms with Crippen molar-refractivity contribution in [3.63, 3.8) is 0 Å². The molecule has 0 spiro atoms. The van der Waals surface area contributed by atoms with E-state index in [-0.39, 0.29) is 11.9 Å². The lowest BCUT2D eigenvalue weighted by Crippen LogP contribution is -2.41. The van der Waals surface area contributed by atoms with Gasteiger partial charge >= 0.3 is 0 Å². The first kappa shape index (κ1) is 15.1. The van der Waals surface area contributed by atoms with Crippen molar-refractivity contribution in [2.75, 3.05) is 6.54 Å². The van der Waals surface area contributed by atoms with Crippen LogP contribution in [0, 0.1) is 0 Å². The van der Waals surface area contributed by atoms with E-state index >= 15 is 0 Å². The third kappa shape index (κ3) is 4.01. The molecule has 1 amide bonds. The third-order valence-corrected chi connectivity index (χ3v) is 5.44. The molecule has 0 radical (unpaired) electrons. The Labute approximate surface area is 127 Å². The Bertz CT molecular complexity index is 426. The van der Waals surface area contributed by atoms with Crippen LogP contribution >= 0.6 is 55.4 Å². The highest BCUT2D eigenvalue weighted by atomic mass is 79.9. The van der Waals surface area contributed by atoms with E-state index in [9.17, 15) is 4.79 Å². The predicted molar refractivity (Wildman–Crippen MR) is 82.7 cm³/mol. The van der Waals surface area contributed by atoms with Crippen LogP contribution in [0.4, 0.5) is 0 Å². The number of carbonyl (C=O) groups is 1. The van der Waals surface area contributed by atoms with Crippen molar-refractivity contribution in [3.05, 3.63) is 19.2 Å². The van der Waals surface area contributed by atoms with E-state index in [4.69, 9.17) is 18.0 Å². The molecule has 1 heterocycles. The lowest BCUT2D eigenvalue weighted by atomic mass is 10.3. The van der Waals surface area contributed by atoms with E-state index < -0.39 is 0 Å². The predicted octanol–water partition coefficient (Wildman–Crippen LogP) is 3.41. The maximum atomic E-state index is 12.3. The molecule has 1 aromatic heterocycles. The summed E-state index contributed by atoms with van der Waals surface area (Å²) >= 11 is 13.0. The van der Waals surface area contributed by atoms with Crippen LogP contribution in [0.25, 0.3) is 0 Å². The van der Waals surface area contributed by atoms with Gasteiger partial charge in [0.15, 0.2) is 0 Å². The lowest BCUT2D eigenvalue weighted by molar-refractivity contribution is 0.0741. The van der Waals surface area contributed by atoms with Crippen LogP contribution in [0.1, 0.15) is 23.5 Å². The Kier molecular flexibility index (Phi) is 5.56. The monoisotopic (exact) mass is 398 g/mol. The molecule has 0 aliphatic rings. The summed E-state index contributed by atoms with van der Waals surface area (Å²) in [6.07, 6.45) is 0. The molecule has 1 aromatic rings. The zero-order valence-corrected chi connectivity index (χ0v) is 14.2. The van der Waals surface area contributed by atoms with Crippen LogP contribution in [0.5, 0.6) is 0 Å². The van der Waals surface area contributed by atoms with Gasteiger partial charge in [-0.15, -0.1) is 11.3 Å². The maximum absolute atomic E-state index is 12.3. The summed E-state index contributed by atoms with van der Waals surface area (Å²) in [5.74, 6) is -0.0517. The lowest BCUT2D eigenvalue weighted by Gasteiger charge is -2.25. The number of carbonyl (C=O) groups excluding carboxylic acids is 1. The maximum Gasteiger partial charge on any atom is 0.264 e. The summed E-state index contributed by atoms with van der Waals surface area (Å²) < 4.78 is 1.78. The van der Waals surface area contributed by atoms with Crippen LogP contribution in [0.3, 0.4) is 0 Å². The molecular weight excluding hydrogens is 388 g/mol. The van der Waals surface area contributed by atoms with Crippen molar-refractivity contribution in [1.82, 2.24) is 4.90 Å². The molecule has 0 fully saturated rings. The molecule has 7 heteroatoms. The molecule has 0 atom stereocenters. The van der Waals surface area contributed by atoms with Gasteiger partial charge in [-0.1, -0.05) is 12.2 Å². The summed E-state index contributed by atoms with van der Waals surface area (Å²) in [5.41, 5.74) is 5.50. The number of hydrogen-bond acceptors (Lipinski definition) is 3. The van der Waals surface area contributed by atoms with Crippen molar-refractivity contribution < 1.29 is 4.79 Å². The Balaban J connectivity index is 2.95. The Morgan fingerprint density at radius 3 is 2.53 bits per heavy atom. The SMILES string of the molecule is CC(C)N(CC(N)=S)C(=O)c1cc(Br)c(Br)s1. The minimum Gasteiger partial charge on any atom is -0.392 e. The quantitative estimate of drug-likeness (QED) is 0.789. The zero-order chi connectivity index (χ0) is 13.2. The first-order chi connectivity index (χ1) is 7.82. The number of hydrogen-bond donors (Lipinski definition) is 1. The third-order valence-electron chi connectivity index (χ3n) is 2.07. The van der Waals surface area contributed by atoms with E-state index in [2.05, 4.69) is 31.9 Å². The summed E-state index contributed by atoms with van der Waals surface area (Å²) in [7, 11) is 0. The minimum absolute atomic E-state index is 0.0517. The normalized spacial score (nSPS) is 10.6. The molecule has 1 rings (SSSR count). The summed E-state index contributed by atoms with van der Waals surface area (Å²) in [6.45, 7) is 4.18. The van der Waals surface area contributed by atoms with E-state index in [1.165, 1.54) is 11.3 Å². The molecule has 0 saturated carbocycles. The number of nitrogens with zero attached hydrogens (tertiary/aromatic N) is 1. The zero-order valence-electron chi connectivity index (χ0n) is 9.37. The highest BCUT2D eigenvalue weighted by Crippen LogP contribution is 2.33. The number of thiocarbonyl (C=S) groups is 1. The fourth-order valence-corrected chi connectivity index (χ4v) is 3.38. The molecule has 0 unspecified atom stereocenters. The van der Waals surface area contributed by atoms with Gasteiger partial charge in [-0.25, -0.2) is 0 Å². The largest absolute Gasteiger partial charge is 0.392 e. The Morgan fingerprint density at radius 2 is 2.18 bits per heavy atom. The first-order valence-electron chi connectivity index (χ1n) is 4.87. The fraction of sp³-hybridized carbons (Fsp3) is 0.400. The second kappa shape index (κ2) is 6.26. The number of halogens is 2. The van der Waals surface area contributed by atoms with Crippen molar-refractivity contribution in [3.8, 4) is 0 Å². The molecule has 94 valence electrons. The molecule has 2 N–H and O–H groups in total. The highest BCUT2D eigenvalue weighted by Gasteiger charge is 2.21. The van der Waals surface area contributed by atoms with E-state index in [1.54, 1.807) is 11.0 Å². The number of amides is 1. The van der Waals surface area contributed by atoms with Crippen molar-refractivity contribution in [1.29, 1.82) is 0 Å². The molecule has 0 aliphatic carbocycles. The molecule has 0 bridgehead atoms. The smallest absolute Gasteiger partial charge is 0.264 e. The molecule has 3 nitrogen and oxygen atoms in total. The Morgan fingerprint density at radius 1 is 1.59 bits per heavy atom. The van der Waals surface area contributed by atoms with Crippen LogP contribution in [0.2, 0.25) is 0 Å². The van der Waals surface area contributed by atoms with Gasteiger partial charge in [0, 0.05) is 10.5 Å². The average molecular weight is 400 g/mol. The highest BCUT2D eigenvalue weighted by molar-refractivity contribution is 9.13. The van der Waals surface area contributed by atoms with Gasteiger partial charge in [-0.3, -0.25) is 4.79 Å². The molecule has 0 aromatic carbocycles. The minimum atomic E-state index is -0.0517. The second-order valence-electron chi connectivity index (χ2n) is 3.73. The average Bonchev–Trinajstić information content (AvgIpc) is 2.54. The van der Waals surface area contributed by atoms with Gasteiger partial charge in [0.1, 0.15) is 0 Å². The number of rotatable bonds is 4. The van der Waals surface area contributed by atoms with Gasteiger partial charge in [0.2, 0.25) is 0 Å². The number of nitrogens with two attached hydrogens (primary N) is 1. The van der Waals surface area contributed by atoms with Gasteiger partial charge in [0.05, 0.1) is 20.2 Å². The fourth-order valence-electron chi connectivity index (χ4n) is 1.25. The van der Waals surface area contributed by atoms with E-state index in [0.29, 0.717) is 16.4 Å². The summed E-state index contributed by atoms with van der Waals surface area (Å²) in [6, 6.07) is 1.86. The van der Waals surface area contributed by atoms with Crippen LogP contribution < -0.4 is 5.73 Å². The van der Waals surface area contributed by atoms with Crippen LogP contribution in [-0.4, -0.2) is 28.4 Å². The van der Waals surface area contributed by atoms with Crippen LogP contribution in [-0.2, 0) is 0 Å². The standard InChI is InChI=1S/C10H12Br2N2OS2/c1-5(2)14(4-8(13)16)10(15)7-3-6(11)9(12)17-7/h3,5H,4H2,1-2H3,(H2,13,16). The second-order valence-corrected chi connectivity index (χ2v) is 7.47. The van der Waals surface area contributed by atoms with E-state index in [0.717, 1.165) is 8.26 Å². The number of thiophene rings is 1. The van der Waals surface area contributed by atoms with Crippen molar-refractivity contribution >= 4 is 66.3 Å². The van der Waals surface area contributed by atoms with Gasteiger partial charge in [0.25, 0.3) is 5.91 Å². The van der Waals surface area contributed by atoms with Crippen molar-refractivity contribution in [2.45, 2.75) is 19.9 Å².